The molecule has 2 nitrogen and oxygen atoms in total. The molecule has 0 aliphatic heterocycles. The van der Waals surface area contributed by atoms with Gasteiger partial charge in [0.1, 0.15) is 0 Å². The Morgan fingerprint density at radius 1 is 0.684 bits per heavy atom. The van der Waals surface area contributed by atoms with Gasteiger partial charge in [0.05, 0.1) is 17.1 Å². The Labute approximate surface area is 112 Å². The number of hydrogen-bond donors (Lipinski definition) is 0. The molecule has 0 saturated heterocycles. The number of rotatable bonds is 2. The van der Waals surface area contributed by atoms with Crippen molar-refractivity contribution < 1.29 is 0 Å². The molecule has 2 heteroatoms. The van der Waals surface area contributed by atoms with Gasteiger partial charge in [-0.3, -0.25) is 4.98 Å². The van der Waals surface area contributed by atoms with Gasteiger partial charge in [0.2, 0.25) is 0 Å². The van der Waals surface area contributed by atoms with E-state index in [0.29, 0.717) is 0 Å². The molecule has 0 N–H and O–H groups in total. The lowest BCUT2D eigenvalue weighted by molar-refractivity contribution is 1.24. The maximum atomic E-state index is 4.71. The largest absolute Gasteiger partial charge is 0.255 e. The van der Waals surface area contributed by atoms with Crippen LogP contribution in [-0.2, 0) is 0 Å². The Hall–Kier alpha value is -2.48. The van der Waals surface area contributed by atoms with Crippen molar-refractivity contribution in [2.75, 3.05) is 0 Å². The van der Waals surface area contributed by atoms with Gasteiger partial charge in [0.15, 0.2) is 0 Å². The minimum absolute atomic E-state index is 0.901. The second-order valence-corrected chi connectivity index (χ2v) is 4.44. The Kier molecular flexibility index (Phi) is 3.07. The molecule has 2 heterocycles. The smallest absolute Gasteiger partial charge is 0.0893 e. The standard InChI is InChI=1S/C17H14N2/c1-13-7-2-3-8-14(13)15-10-6-11-17(19-15)16-9-4-5-12-18-16/h2-12H,1H3. The van der Waals surface area contributed by atoms with Crippen LogP contribution in [0.5, 0.6) is 0 Å². The number of aromatic nitrogens is 2. The minimum Gasteiger partial charge on any atom is -0.255 e. The molecule has 3 aromatic rings. The lowest BCUT2D eigenvalue weighted by atomic mass is 10.0. The number of pyridine rings is 2. The highest BCUT2D eigenvalue weighted by molar-refractivity contribution is 5.66. The monoisotopic (exact) mass is 246 g/mol. The van der Waals surface area contributed by atoms with Crippen molar-refractivity contribution >= 4 is 0 Å². The fraction of sp³-hybridized carbons (Fsp3) is 0.0588. The number of nitrogens with zero attached hydrogens (tertiary/aromatic N) is 2. The van der Waals surface area contributed by atoms with Gasteiger partial charge < -0.3 is 0 Å². The van der Waals surface area contributed by atoms with Crippen molar-refractivity contribution in [3.63, 3.8) is 0 Å². The average Bonchev–Trinajstić information content (AvgIpc) is 2.49. The zero-order chi connectivity index (χ0) is 13.1. The molecule has 2 aromatic heterocycles. The summed E-state index contributed by atoms with van der Waals surface area (Å²) in [5.41, 5.74) is 5.19. The van der Waals surface area contributed by atoms with E-state index < -0.39 is 0 Å². The van der Waals surface area contributed by atoms with E-state index in [4.69, 9.17) is 4.98 Å². The van der Waals surface area contributed by atoms with E-state index in [0.717, 1.165) is 17.1 Å². The normalized spacial score (nSPS) is 10.4. The van der Waals surface area contributed by atoms with Gasteiger partial charge in [0.25, 0.3) is 0 Å². The van der Waals surface area contributed by atoms with Crippen LogP contribution < -0.4 is 0 Å². The molecule has 92 valence electrons. The molecule has 1 aromatic carbocycles. The number of aryl methyl sites for hydroxylation is 1. The van der Waals surface area contributed by atoms with Gasteiger partial charge in [-0.25, -0.2) is 4.98 Å². The molecule has 0 amide bonds. The van der Waals surface area contributed by atoms with Gasteiger partial charge in [-0.05, 0) is 36.8 Å². The maximum absolute atomic E-state index is 4.71. The summed E-state index contributed by atoms with van der Waals surface area (Å²) in [6.45, 7) is 2.10. The molecule has 0 bridgehead atoms. The molecule has 19 heavy (non-hydrogen) atoms. The summed E-state index contributed by atoms with van der Waals surface area (Å²) in [7, 11) is 0. The van der Waals surface area contributed by atoms with Crippen molar-refractivity contribution in [3.8, 4) is 22.6 Å². The van der Waals surface area contributed by atoms with E-state index in [-0.39, 0.29) is 0 Å². The van der Waals surface area contributed by atoms with Crippen LogP contribution >= 0.6 is 0 Å². The predicted molar refractivity (Wildman–Crippen MR) is 77.6 cm³/mol. The quantitative estimate of drug-likeness (QED) is 0.679. The van der Waals surface area contributed by atoms with E-state index in [1.54, 1.807) is 6.20 Å². The Balaban J connectivity index is 2.09. The van der Waals surface area contributed by atoms with Crippen LogP contribution in [-0.4, -0.2) is 9.97 Å². The zero-order valence-corrected chi connectivity index (χ0v) is 10.7. The third-order valence-corrected chi connectivity index (χ3v) is 3.10. The first-order valence-electron chi connectivity index (χ1n) is 6.29. The summed E-state index contributed by atoms with van der Waals surface area (Å²) in [5, 5.41) is 0. The van der Waals surface area contributed by atoms with Crippen molar-refractivity contribution in [2.24, 2.45) is 0 Å². The first-order chi connectivity index (χ1) is 9.34. The fourth-order valence-electron chi connectivity index (χ4n) is 2.10. The van der Waals surface area contributed by atoms with E-state index in [2.05, 4.69) is 24.0 Å². The van der Waals surface area contributed by atoms with Gasteiger partial charge >= 0.3 is 0 Å². The fourth-order valence-corrected chi connectivity index (χ4v) is 2.10. The van der Waals surface area contributed by atoms with E-state index >= 15 is 0 Å². The summed E-state index contributed by atoms with van der Waals surface area (Å²) in [6, 6.07) is 20.2. The molecular weight excluding hydrogens is 232 g/mol. The Morgan fingerprint density at radius 3 is 2.21 bits per heavy atom. The average molecular weight is 246 g/mol. The molecule has 0 fully saturated rings. The van der Waals surface area contributed by atoms with E-state index in [9.17, 15) is 0 Å². The molecule has 3 rings (SSSR count). The van der Waals surface area contributed by atoms with Crippen LogP contribution in [0.1, 0.15) is 5.56 Å². The summed E-state index contributed by atoms with van der Waals surface area (Å²) >= 11 is 0. The van der Waals surface area contributed by atoms with Crippen molar-refractivity contribution in [1.82, 2.24) is 9.97 Å². The summed E-state index contributed by atoms with van der Waals surface area (Å²) < 4.78 is 0. The number of benzene rings is 1. The molecule has 0 atom stereocenters. The summed E-state index contributed by atoms with van der Waals surface area (Å²) in [4.78, 5) is 9.06. The lowest BCUT2D eigenvalue weighted by Crippen LogP contribution is -1.91. The zero-order valence-electron chi connectivity index (χ0n) is 10.7. The van der Waals surface area contributed by atoms with Gasteiger partial charge in [-0.1, -0.05) is 36.4 Å². The molecule has 0 radical (unpaired) electrons. The van der Waals surface area contributed by atoms with Crippen LogP contribution in [0.4, 0.5) is 0 Å². The first-order valence-corrected chi connectivity index (χ1v) is 6.29. The first kappa shape index (κ1) is 11.6. The highest BCUT2D eigenvalue weighted by Crippen LogP contribution is 2.23. The predicted octanol–water partition coefficient (Wildman–Crippen LogP) is 4.12. The van der Waals surface area contributed by atoms with Crippen LogP contribution in [0.2, 0.25) is 0 Å². The third kappa shape index (κ3) is 2.38. The highest BCUT2D eigenvalue weighted by Gasteiger charge is 2.05. The van der Waals surface area contributed by atoms with Crippen molar-refractivity contribution in [2.45, 2.75) is 6.92 Å². The van der Waals surface area contributed by atoms with Crippen molar-refractivity contribution in [3.05, 3.63) is 72.4 Å². The van der Waals surface area contributed by atoms with Gasteiger partial charge in [-0.15, -0.1) is 0 Å². The molecular formula is C17H14N2. The Bertz CT molecular complexity index is 690. The minimum atomic E-state index is 0.901. The molecule has 0 saturated carbocycles. The van der Waals surface area contributed by atoms with E-state index in [1.807, 2.05) is 48.5 Å². The van der Waals surface area contributed by atoms with Gasteiger partial charge in [-0.2, -0.15) is 0 Å². The summed E-state index contributed by atoms with van der Waals surface area (Å²) in [5.74, 6) is 0. The molecule has 0 spiro atoms. The second kappa shape index (κ2) is 5.02. The van der Waals surface area contributed by atoms with Crippen LogP contribution in [0.3, 0.4) is 0 Å². The SMILES string of the molecule is Cc1ccccc1-c1cccc(-c2ccccn2)n1. The third-order valence-electron chi connectivity index (χ3n) is 3.10. The topological polar surface area (TPSA) is 25.8 Å². The van der Waals surface area contributed by atoms with Crippen molar-refractivity contribution in [1.29, 1.82) is 0 Å². The molecule has 0 aliphatic carbocycles. The highest BCUT2D eigenvalue weighted by atomic mass is 14.8. The lowest BCUT2D eigenvalue weighted by Gasteiger charge is -2.06. The summed E-state index contributed by atoms with van der Waals surface area (Å²) in [6.07, 6.45) is 1.79. The second-order valence-electron chi connectivity index (χ2n) is 4.44. The maximum Gasteiger partial charge on any atom is 0.0893 e. The molecule has 0 unspecified atom stereocenters. The van der Waals surface area contributed by atoms with Crippen LogP contribution in [0.15, 0.2) is 66.9 Å². The molecule has 0 aliphatic rings. The van der Waals surface area contributed by atoms with Crippen LogP contribution in [0.25, 0.3) is 22.6 Å². The number of hydrogen-bond acceptors (Lipinski definition) is 2. The Morgan fingerprint density at radius 2 is 1.42 bits per heavy atom. The van der Waals surface area contributed by atoms with Crippen LogP contribution in [0, 0.1) is 6.92 Å². The van der Waals surface area contributed by atoms with E-state index in [1.165, 1.54) is 11.1 Å². The van der Waals surface area contributed by atoms with Gasteiger partial charge in [0, 0.05) is 11.8 Å².